The normalized spacial score (nSPS) is 11.0. The van der Waals surface area contributed by atoms with Crippen molar-refractivity contribution in [1.29, 1.82) is 0 Å². The zero-order valence-electron chi connectivity index (χ0n) is 12.7. The van der Waals surface area contributed by atoms with Gasteiger partial charge in [-0.1, -0.05) is 6.07 Å². The Labute approximate surface area is 123 Å². The molecule has 7 heteroatoms. The van der Waals surface area contributed by atoms with E-state index in [1.165, 1.54) is 13.1 Å². The number of carbonyl (C=O) groups is 1. The minimum atomic E-state index is -0.528. The Morgan fingerprint density at radius 2 is 2.05 bits per heavy atom. The smallest absolute Gasteiger partial charge is 0.310 e. The summed E-state index contributed by atoms with van der Waals surface area (Å²) in [5.74, 6) is -0.251. The second kappa shape index (κ2) is 7.03. The van der Waals surface area contributed by atoms with E-state index in [0.717, 1.165) is 5.56 Å². The van der Waals surface area contributed by atoms with Crippen molar-refractivity contribution in [2.45, 2.75) is 32.9 Å². The van der Waals surface area contributed by atoms with Crippen molar-refractivity contribution in [2.24, 2.45) is 0 Å². The second-order valence-electron chi connectivity index (χ2n) is 5.62. The highest BCUT2D eigenvalue weighted by Gasteiger charge is 2.17. The molecule has 0 aliphatic carbocycles. The van der Waals surface area contributed by atoms with E-state index in [-0.39, 0.29) is 29.5 Å². The Kier molecular flexibility index (Phi) is 5.66. The summed E-state index contributed by atoms with van der Waals surface area (Å²) in [6.07, 6.45) is 0. The number of nitrogens with one attached hydrogen (secondary N) is 2. The van der Waals surface area contributed by atoms with E-state index in [4.69, 9.17) is 4.74 Å². The van der Waals surface area contributed by atoms with Gasteiger partial charge in [0.1, 0.15) is 0 Å². The molecular formula is C14H21N3O4. The molecule has 0 fully saturated rings. The van der Waals surface area contributed by atoms with Crippen LogP contribution in [0.2, 0.25) is 0 Å². The van der Waals surface area contributed by atoms with Gasteiger partial charge in [-0.3, -0.25) is 14.9 Å². The van der Waals surface area contributed by atoms with Gasteiger partial charge in [-0.05, 0) is 32.4 Å². The third-order valence-electron chi connectivity index (χ3n) is 2.68. The van der Waals surface area contributed by atoms with Gasteiger partial charge in [0.2, 0.25) is 0 Å². The number of nitro benzene ring substituents is 1. The van der Waals surface area contributed by atoms with Crippen molar-refractivity contribution in [3.8, 4) is 5.75 Å². The van der Waals surface area contributed by atoms with Crippen molar-refractivity contribution < 1.29 is 14.5 Å². The van der Waals surface area contributed by atoms with Crippen LogP contribution in [0.5, 0.6) is 5.75 Å². The molecule has 0 radical (unpaired) electrons. The quantitative estimate of drug-likeness (QED) is 0.614. The molecule has 1 aromatic carbocycles. The van der Waals surface area contributed by atoms with Crippen LogP contribution >= 0.6 is 0 Å². The van der Waals surface area contributed by atoms with Crippen molar-refractivity contribution in [3.63, 3.8) is 0 Å². The highest BCUT2D eigenvalue weighted by atomic mass is 16.6. The molecule has 2 N–H and O–H groups in total. The number of nitrogens with zero attached hydrogens (tertiary/aromatic N) is 1. The molecule has 0 aromatic heterocycles. The van der Waals surface area contributed by atoms with Crippen LogP contribution in [0.25, 0.3) is 0 Å². The average Bonchev–Trinajstić information content (AvgIpc) is 2.41. The molecule has 21 heavy (non-hydrogen) atoms. The maximum absolute atomic E-state index is 11.2. The molecule has 7 nitrogen and oxygen atoms in total. The third-order valence-corrected chi connectivity index (χ3v) is 2.68. The van der Waals surface area contributed by atoms with E-state index in [2.05, 4.69) is 10.6 Å². The molecule has 0 unspecified atom stereocenters. The summed E-state index contributed by atoms with van der Waals surface area (Å²) in [7, 11) is 1.48. The minimum absolute atomic E-state index is 0.0646. The van der Waals surface area contributed by atoms with Crippen LogP contribution in [-0.4, -0.2) is 30.0 Å². The third kappa shape index (κ3) is 5.78. The Balaban J connectivity index is 2.90. The fraction of sp³-hybridized carbons (Fsp3) is 0.500. The van der Waals surface area contributed by atoms with Gasteiger partial charge in [0.05, 0.1) is 4.92 Å². The second-order valence-corrected chi connectivity index (χ2v) is 5.62. The number of nitro groups is 1. The molecule has 0 saturated heterocycles. The van der Waals surface area contributed by atoms with Gasteiger partial charge in [0, 0.05) is 25.2 Å². The molecule has 0 aliphatic heterocycles. The molecule has 1 amide bonds. The van der Waals surface area contributed by atoms with Crippen LogP contribution in [-0.2, 0) is 11.3 Å². The Hall–Kier alpha value is -2.15. The lowest BCUT2D eigenvalue weighted by Crippen LogP contribution is -2.35. The molecular weight excluding hydrogens is 274 g/mol. The van der Waals surface area contributed by atoms with Gasteiger partial charge < -0.3 is 15.4 Å². The van der Waals surface area contributed by atoms with Crippen LogP contribution in [0.4, 0.5) is 5.69 Å². The van der Waals surface area contributed by atoms with E-state index >= 15 is 0 Å². The first kappa shape index (κ1) is 16.9. The summed E-state index contributed by atoms with van der Waals surface area (Å²) in [6, 6.07) is 4.64. The lowest BCUT2D eigenvalue weighted by Gasteiger charge is -2.20. The summed E-state index contributed by atoms with van der Waals surface area (Å²) in [5.41, 5.74) is 0.631. The van der Waals surface area contributed by atoms with Crippen molar-refractivity contribution in [2.75, 3.05) is 13.7 Å². The molecule has 1 rings (SSSR count). The summed E-state index contributed by atoms with van der Waals surface area (Å²) in [4.78, 5) is 21.6. The summed E-state index contributed by atoms with van der Waals surface area (Å²) in [6.45, 7) is 6.38. The Bertz CT molecular complexity index is 523. The summed E-state index contributed by atoms with van der Waals surface area (Å²) >= 11 is 0. The number of likely N-dealkylation sites (N-methyl/N-ethyl adjacent to an activating group) is 1. The number of rotatable bonds is 6. The number of carbonyl (C=O) groups excluding carboxylic acids is 1. The lowest BCUT2D eigenvalue weighted by atomic mass is 10.1. The molecule has 1 aromatic rings. The number of hydrogen-bond donors (Lipinski definition) is 2. The van der Waals surface area contributed by atoms with Gasteiger partial charge >= 0.3 is 5.69 Å². The van der Waals surface area contributed by atoms with Gasteiger partial charge in [-0.2, -0.15) is 0 Å². The SMILES string of the molecule is CNC(=O)COc1cc(CNC(C)(C)C)ccc1[N+](=O)[O-]. The van der Waals surface area contributed by atoms with Crippen LogP contribution < -0.4 is 15.4 Å². The Morgan fingerprint density at radius 3 is 2.57 bits per heavy atom. The molecule has 0 spiro atoms. The fourth-order valence-electron chi connectivity index (χ4n) is 1.52. The predicted molar refractivity (Wildman–Crippen MR) is 79.3 cm³/mol. The van der Waals surface area contributed by atoms with E-state index in [1.807, 2.05) is 20.8 Å². The van der Waals surface area contributed by atoms with E-state index in [9.17, 15) is 14.9 Å². The lowest BCUT2D eigenvalue weighted by molar-refractivity contribution is -0.385. The highest BCUT2D eigenvalue weighted by molar-refractivity contribution is 5.77. The zero-order chi connectivity index (χ0) is 16.0. The number of benzene rings is 1. The molecule has 116 valence electrons. The summed E-state index contributed by atoms with van der Waals surface area (Å²) < 4.78 is 5.24. The largest absolute Gasteiger partial charge is 0.477 e. The average molecular weight is 295 g/mol. The fourth-order valence-corrected chi connectivity index (χ4v) is 1.52. The monoisotopic (exact) mass is 295 g/mol. The van der Waals surface area contributed by atoms with Gasteiger partial charge in [0.15, 0.2) is 12.4 Å². The van der Waals surface area contributed by atoms with Crippen molar-refractivity contribution in [3.05, 3.63) is 33.9 Å². The van der Waals surface area contributed by atoms with Crippen LogP contribution in [0.15, 0.2) is 18.2 Å². The first-order valence-corrected chi connectivity index (χ1v) is 6.58. The molecule has 0 heterocycles. The van der Waals surface area contributed by atoms with Crippen LogP contribution in [0.1, 0.15) is 26.3 Å². The van der Waals surface area contributed by atoms with Crippen molar-refractivity contribution >= 4 is 11.6 Å². The summed E-state index contributed by atoms with van der Waals surface area (Å²) in [5, 5.41) is 16.7. The molecule has 0 atom stereocenters. The van der Waals surface area contributed by atoms with E-state index in [1.54, 1.807) is 12.1 Å². The number of ether oxygens (including phenoxy) is 1. The van der Waals surface area contributed by atoms with Crippen LogP contribution in [0.3, 0.4) is 0 Å². The molecule has 0 bridgehead atoms. The maximum Gasteiger partial charge on any atom is 0.310 e. The first-order chi connectivity index (χ1) is 9.73. The topological polar surface area (TPSA) is 93.5 Å². The van der Waals surface area contributed by atoms with Crippen molar-refractivity contribution in [1.82, 2.24) is 10.6 Å². The van der Waals surface area contributed by atoms with E-state index < -0.39 is 4.92 Å². The standard InChI is InChI=1S/C14H21N3O4/c1-14(2,3)16-8-10-5-6-11(17(19)20)12(7-10)21-9-13(18)15-4/h5-7,16H,8-9H2,1-4H3,(H,15,18). The molecule has 0 saturated carbocycles. The minimum Gasteiger partial charge on any atom is -0.477 e. The van der Waals surface area contributed by atoms with Gasteiger partial charge in [0.25, 0.3) is 5.91 Å². The predicted octanol–water partition coefficient (Wildman–Crippen LogP) is 1.61. The number of amides is 1. The highest BCUT2D eigenvalue weighted by Crippen LogP contribution is 2.28. The Morgan fingerprint density at radius 1 is 1.38 bits per heavy atom. The zero-order valence-corrected chi connectivity index (χ0v) is 12.7. The van der Waals surface area contributed by atoms with Crippen LogP contribution in [0, 0.1) is 10.1 Å². The maximum atomic E-state index is 11.2. The molecule has 0 aliphatic rings. The van der Waals surface area contributed by atoms with Gasteiger partial charge in [-0.15, -0.1) is 0 Å². The first-order valence-electron chi connectivity index (χ1n) is 6.58. The van der Waals surface area contributed by atoms with E-state index in [0.29, 0.717) is 6.54 Å². The number of hydrogen-bond acceptors (Lipinski definition) is 5. The van der Waals surface area contributed by atoms with Gasteiger partial charge in [-0.25, -0.2) is 0 Å².